The second-order valence-corrected chi connectivity index (χ2v) is 3.62. The van der Waals surface area contributed by atoms with Gasteiger partial charge in [0.05, 0.1) is 0 Å². The van der Waals surface area contributed by atoms with Crippen LogP contribution in [0, 0.1) is 6.92 Å². The summed E-state index contributed by atoms with van der Waals surface area (Å²) in [6, 6.07) is 2.17. The third-order valence-corrected chi connectivity index (χ3v) is 2.87. The van der Waals surface area contributed by atoms with E-state index in [1.165, 1.54) is 16.7 Å². The first-order valence-electron chi connectivity index (χ1n) is 4.90. The van der Waals surface area contributed by atoms with Gasteiger partial charge in [0.25, 0.3) is 0 Å². The summed E-state index contributed by atoms with van der Waals surface area (Å²) < 4.78 is 0. The molecule has 0 atom stereocenters. The van der Waals surface area contributed by atoms with Gasteiger partial charge in [-0.3, -0.25) is 4.79 Å². The van der Waals surface area contributed by atoms with Gasteiger partial charge in [0.15, 0.2) is 5.43 Å². The standard InChI is InChI=1S/C12H14O/c1-4-8-6-7(3)9(5-2)11-10(8)12(11)13/h6H,4-5H2,1-3H3. The SMILES string of the molecule is CCc1cc(C)c(CC)c2c(=O)c12. The number of aryl methyl sites for hydroxylation is 3. The fourth-order valence-electron chi connectivity index (χ4n) is 2.12. The van der Waals surface area contributed by atoms with Crippen molar-refractivity contribution in [2.45, 2.75) is 33.6 Å². The Bertz CT molecular complexity index is 470. The van der Waals surface area contributed by atoms with Crippen molar-refractivity contribution in [2.24, 2.45) is 0 Å². The van der Waals surface area contributed by atoms with Crippen molar-refractivity contribution in [3.8, 4) is 0 Å². The van der Waals surface area contributed by atoms with E-state index in [2.05, 4.69) is 26.8 Å². The highest BCUT2D eigenvalue weighted by Gasteiger charge is 2.20. The van der Waals surface area contributed by atoms with Gasteiger partial charge in [0.1, 0.15) is 0 Å². The number of rotatable bonds is 2. The molecular formula is C12H14O. The average Bonchev–Trinajstić information content (AvgIpc) is 2.77. The molecule has 0 aliphatic heterocycles. The highest BCUT2D eigenvalue weighted by molar-refractivity contribution is 6.03. The van der Waals surface area contributed by atoms with E-state index in [1.54, 1.807) is 0 Å². The first kappa shape index (κ1) is 8.49. The van der Waals surface area contributed by atoms with Crippen molar-refractivity contribution in [2.75, 3.05) is 0 Å². The Morgan fingerprint density at radius 2 is 1.85 bits per heavy atom. The van der Waals surface area contributed by atoms with E-state index in [1.807, 2.05) is 0 Å². The van der Waals surface area contributed by atoms with Crippen molar-refractivity contribution >= 4 is 10.8 Å². The fraction of sp³-hybridized carbons (Fsp3) is 0.417. The normalized spacial score (nSPS) is 11.6. The molecule has 0 amide bonds. The van der Waals surface area contributed by atoms with Crippen molar-refractivity contribution in [1.29, 1.82) is 0 Å². The van der Waals surface area contributed by atoms with Crippen LogP contribution in [0.2, 0.25) is 0 Å². The van der Waals surface area contributed by atoms with Crippen LogP contribution in [-0.4, -0.2) is 0 Å². The minimum absolute atomic E-state index is 0.293. The molecule has 0 saturated heterocycles. The van der Waals surface area contributed by atoms with Crippen LogP contribution in [-0.2, 0) is 12.8 Å². The minimum atomic E-state index is 0.293. The minimum Gasteiger partial charge on any atom is -0.289 e. The van der Waals surface area contributed by atoms with Gasteiger partial charge >= 0.3 is 0 Å². The lowest BCUT2D eigenvalue weighted by Crippen LogP contribution is -1.86. The lowest BCUT2D eigenvalue weighted by molar-refractivity contribution is 1.11. The second kappa shape index (κ2) is 2.69. The van der Waals surface area contributed by atoms with Gasteiger partial charge in [-0.15, -0.1) is 0 Å². The lowest BCUT2D eigenvalue weighted by atomic mass is 10.0. The van der Waals surface area contributed by atoms with Gasteiger partial charge in [-0.05, 0) is 36.5 Å². The predicted octanol–water partition coefficient (Wildman–Crippen LogP) is 2.51. The van der Waals surface area contributed by atoms with Crippen LogP contribution in [0.5, 0.6) is 0 Å². The van der Waals surface area contributed by atoms with E-state index in [0.717, 1.165) is 23.6 Å². The molecule has 1 nitrogen and oxygen atoms in total. The summed E-state index contributed by atoms with van der Waals surface area (Å²) in [7, 11) is 0. The first-order valence-corrected chi connectivity index (χ1v) is 4.90. The third-order valence-electron chi connectivity index (χ3n) is 2.87. The Hall–Kier alpha value is -1.11. The molecule has 1 heteroatoms. The van der Waals surface area contributed by atoms with Crippen molar-refractivity contribution in [1.82, 2.24) is 0 Å². The largest absolute Gasteiger partial charge is 0.289 e. The molecule has 0 heterocycles. The third kappa shape index (κ3) is 1.03. The molecule has 0 aliphatic rings. The van der Waals surface area contributed by atoms with Crippen LogP contribution in [0.4, 0.5) is 0 Å². The number of fused-ring (bicyclic) bond motifs is 1. The molecular weight excluding hydrogens is 160 g/mol. The molecule has 0 aliphatic carbocycles. The highest BCUT2D eigenvalue weighted by atomic mass is 16.1. The Morgan fingerprint density at radius 1 is 1.15 bits per heavy atom. The van der Waals surface area contributed by atoms with Crippen molar-refractivity contribution in [3.05, 3.63) is 33.0 Å². The maximum atomic E-state index is 11.5. The van der Waals surface area contributed by atoms with Gasteiger partial charge in [0, 0.05) is 10.8 Å². The van der Waals surface area contributed by atoms with Crippen LogP contribution < -0.4 is 5.43 Å². The van der Waals surface area contributed by atoms with Gasteiger partial charge in [-0.25, -0.2) is 0 Å². The van der Waals surface area contributed by atoms with Crippen LogP contribution in [0.25, 0.3) is 10.8 Å². The first-order chi connectivity index (χ1) is 6.20. The second-order valence-electron chi connectivity index (χ2n) is 3.62. The molecule has 0 N–H and O–H groups in total. The van der Waals surface area contributed by atoms with E-state index in [9.17, 15) is 4.79 Å². The van der Waals surface area contributed by atoms with Gasteiger partial charge in [0.2, 0.25) is 0 Å². The molecule has 0 saturated carbocycles. The zero-order valence-corrected chi connectivity index (χ0v) is 8.40. The zero-order chi connectivity index (χ0) is 9.59. The summed E-state index contributed by atoms with van der Waals surface area (Å²) in [6.45, 7) is 6.32. The van der Waals surface area contributed by atoms with Crippen molar-refractivity contribution < 1.29 is 0 Å². The van der Waals surface area contributed by atoms with E-state index in [0.29, 0.717) is 5.43 Å². The monoisotopic (exact) mass is 174 g/mol. The quantitative estimate of drug-likeness (QED) is 0.683. The molecule has 0 fully saturated rings. The molecule has 68 valence electrons. The number of hydrogen-bond acceptors (Lipinski definition) is 1. The Kier molecular flexibility index (Phi) is 1.76. The zero-order valence-electron chi connectivity index (χ0n) is 8.40. The van der Waals surface area contributed by atoms with Gasteiger partial charge < -0.3 is 0 Å². The van der Waals surface area contributed by atoms with E-state index in [4.69, 9.17) is 0 Å². The smallest absolute Gasteiger partial charge is 0.195 e. The summed E-state index contributed by atoms with van der Waals surface area (Å²) in [5, 5.41) is 2.05. The summed E-state index contributed by atoms with van der Waals surface area (Å²) in [6.07, 6.45) is 1.95. The summed E-state index contributed by atoms with van der Waals surface area (Å²) in [5.41, 5.74) is 4.07. The summed E-state index contributed by atoms with van der Waals surface area (Å²) in [5.74, 6) is 0. The predicted molar refractivity (Wildman–Crippen MR) is 56.1 cm³/mol. The van der Waals surface area contributed by atoms with Crippen LogP contribution in [0.15, 0.2) is 10.9 Å². The van der Waals surface area contributed by atoms with Gasteiger partial charge in [-0.2, -0.15) is 0 Å². The van der Waals surface area contributed by atoms with E-state index >= 15 is 0 Å². The molecule has 0 unspecified atom stereocenters. The molecule has 2 aromatic rings. The molecule has 2 aromatic carbocycles. The fourth-order valence-corrected chi connectivity index (χ4v) is 2.12. The Balaban J connectivity index is 2.75. The van der Waals surface area contributed by atoms with Crippen molar-refractivity contribution in [3.63, 3.8) is 0 Å². The topological polar surface area (TPSA) is 17.1 Å². The molecule has 0 bridgehead atoms. The maximum Gasteiger partial charge on any atom is 0.195 e. The maximum absolute atomic E-state index is 11.5. The molecule has 2 rings (SSSR count). The van der Waals surface area contributed by atoms with E-state index < -0.39 is 0 Å². The average molecular weight is 174 g/mol. The van der Waals surface area contributed by atoms with Gasteiger partial charge in [-0.1, -0.05) is 19.9 Å². The molecule has 0 aromatic heterocycles. The van der Waals surface area contributed by atoms with Crippen LogP contribution >= 0.6 is 0 Å². The Labute approximate surface area is 78.1 Å². The summed E-state index contributed by atoms with van der Waals surface area (Å²) in [4.78, 5) is 11.5. The van der Waals surface area contributed by atoms with Crippen LogP contribution in [0.3, 0.4) is 0 Å². The number of benzene rings is 1. The number of hydrogen-bond donors (Lipinski definition) is 0. The molecule has 13 heavy (non-hydrogen) atoms. The molecule has 0 radical (unpaired) electrons. The lowest BCUT2D eigenvalue weighted by Gasteiger charge is -2.02. The van der Waals surface area contributed by atoms with E-state index in [-0.39, 0.29) is 0 Å². The highest BCUT2D eigenvalue weighted by Crippen LogP contribution is 2.28. The summed E-state index contributed by atoms with van der Waals surface area (Å²) >= 11 is 0. The molecule has 0 spiro atoms. The Morgan fingerprint density at radius 3 is 2.38 bits per heavy atom. The van der Waals surface area contributed by atoms with Crippen LogP contribution in [0.1, 0.15) is 30.5 Å².